The molecule has 0 atom stereocenters. The lowest BCUT2D eigenvalue weighted by Crippen LogP contribution is -2.25. The highest BCUT2D eigenvalue weighted by molar-refractivity contribution is 7.99. The van der Waals surface area contributed by atoms with Gasteiger partial charge in [-0.25, -0.2) is 4.98 Å². The zero-order chi connectivity index (χ0) is 14.2. The van der Waals surface area contributed by atoms with Crippen LogP contribution in [0.2, 0.25) is 0 Å². The molecule has 0 aromatic carbocycles. The minimum absolute atomic E-state index is 0.0124. The third-order valence-electron chi connectivity index (χ3n) is 3.02. The van der Waals surface area contributed by atoms with Crippen LogP contribution in [0, 0.1) is 0 Å². The normalized spacial score (nSPS) is 13.9. The number of unbranched alkanes of at least 4 members (excludes halogenated alkanes) is 1. The van der Waals surface area contributed by atoms with Crippen LogP contribution in [0.4, 0.5) is 0 Å². The molecule has 1 N–H and O–H groups in total. The van der Waals surface area contributed by atoms with Crippen molar-refractivity contribution in [1.29, 1.82) is 0 Å². The molecule has 0 unspecified atom stereocenters. The molecule has 5 heteroatoms. The van der Waals surface area contributed by atoms with Crippen molar-refractivity contribution in [1.82, 2.24) is 10.3 Å². The fraction of sp³-hybridized carbons (Fsp3) is 0.467. The van der Waals surface area contributed by atoms with Gasteiger partial charge in [-0.05, 0) is 12.5 Å². The number of nitrogens with zero attached hydrogens (tertiary/aromatic N) is 1. The maximum atomic E-state index is 11.9. The van der Waals surface area contributed by atoms with Crippen molar-refractivity contribution >= 4 is 17.7 Å². The number of rotatable bonds is 7. The van der Waals surface area contributed by atoms with Gasteiger partial charge in [0, 0.05) is 35.4 Å². The summed E-state index contributed by atoms with van der Waals surface area (Å²) in [6, 6.07) is 3.80. The van der Waals surface area contributed by atoms with E-state index >= 15 is 0 Å². The van der Waals surface area contributed by atoms with Gasteiger partial charge in [-0.15, -0.1) is 0 Å². The highest BCUT2D eigenvalue weighted by Gasteiger charge is 2.14. The highest BCUT2D eigenvalue weighted by Crippen LogP contribution is 2.18. The van der Waals surface area contributed by atoms with Gasteiger partial charge in [-0.3, -0.25) is 4.79 Å². The van der Waals surface area contributed by atoms with Gasteiger partial charge in [0.15, 0.2) is 0 Å². The Morgan fingerprint density at radius 1 is 1.55 bits per heavy atom. The predicted molar refractivity (Wildman–Crippen MR) is 81.9 cm³/mol. The number of nitrogens with one attached hydrogen (secondary N) is 1. The van der Waals surface area contributed by atoms with E-state index in [1.54, 1.807) is 18.0 Å². The van der Waals surface area contributed by atoms with Gasteiger partial charge in [0.25, 0.3) is 0 Å². The van der Waals surface area contributed by atoms with Crippen LogP contribution in [0.25, 0.3) is 0 Å². The monoisotopic (exact) mass is 292 g/mol. The fourth-order valence-electron chi connectivity index (χ4n) is 1.84. The molecular formula is C15H20N2O2S. The molecule has 1 aromatic heterocycles. The first-order valence-corrected chi connectivity index (χ1v) is 8.08. The molecule has 0 spiro atoms. The number of aromatic nitrogens is 1. The van der Waals surface area contributed by atoms with Gasteiger partial charge < -0.3 is 10.1 Å². The molecule has 2 rings (SSSR count). The third-order valence-corrected chi connectivity index (χ3v) is 3.94. The molecule has 1 aromatic rings. The van der Waals surface area contributed by atoms with Gasteiger partial charge in [0.05, 0.1) is 6.61 Å². The minimum atomic E-state index is 0.0124. The van der Waals surface area contributed by atoms with Crippen LogP contribution in [0.1, 0.15) is 25.3 Å². The molecule has 2 heterocycles. The van der Waals surface area contributed by atoms with Gasteiger partial charge in [-0.1, -0.05) is 25.5 Å². The van der Waals surface area contributed by atoms with Crippen LogP contribution in [-0.2, 0) is 11.3 Å². The smallest absolute Gasteiger partial charge is 0.248 e. The standard InChI is InChI=1S/C15H20N2O2S/c1-2-3-8-19-15-12(5-4-7-16-15)10-17-14(18)13-6-9-20-11-13/h4-7H,2-3,8-11H2,1H3,(H,17,18). The van der Waals surface area contributed by atoms with E-state index in [4.69, 9.17) is 4.74 Å². The highest BCUT2D eigenvalue weighted by atomic mass is 32.2. The maximum Gasteiger partial charge on any atom is 0.248 e. The average molecular weight is 292 g/mol. The summed E-state index contributed by atoms with van der Waals surface area (Å²) in [6.45, 7) is 3.24. The van der Waals surface area contributed by atoms with Crippen LogP contribution in [-0.4, -0.2) is 29.0 Å². The first-order chi connectivity index (χ1) is 9.81. The molecule has 108 valence electrons. The lowest BCUT2D eigenvalue weighted by atomic mass is 10.2. The Hall–Kier alpha value is -1.49. The van der Waals surface area contributed by atoms with Gasteiger partial charge >= 0.3 is 0 Å². The molecule has 1 aliphatic heterocycles. The fourth-order valence-corrected chi connectivity index (χ4v) is 2.74. The van der Waals surface area contributed by atoms with Crippen molar-refractivity contribution in [3.05, 3.63) is 35.5 Å². The van der Waals surface area contributed by atoms with E-state index in [9.17, 15) is 4.79 Å². The molecule has 0 saturated heterocycles. The summed E-state index contributed by atoms with van der Waals surface area (Å²) < 4.78 is 5.65. The van der Waals surface area contributed by atoms with Gasteiger partial charge in [0.2, 0.25) is 11.8 Å². The largest absolute Gasteiger partial charge is 0.477 e. The number of pyridine rings is 1. The second kappa shape index (κ2) is 7.94. The summed E-state index contributed by atoms with van der Waals surface area (Å²) in [6.07, 6.45) is 5.79. The Labute approximate surface area is 124 Å². The predicted octanol–water partition coefficient (Wildman–Crippen LogP) is 2.55. The molecular weight excluding hydrogens is 272 g/mol. The van der Waals surface area contributed by atoms with E-state index in [0.717, 1.165) is 35.5 Å². The Balaban J connectivity index is 1.89. The zero-order valence-corrected chi connectivity index (χ0v) is 12.5. The molecule has 0 aliphatic carbocycles. The molecule has 0 saturated carbocycles. The van der Waals surface area contributed by atoms with E-state index in [1.807, 2.05) is 18.2 Å². The number of thioether (sulfide) groups is 1. The van der Waals surface area contributed by atoms with E-state index < -0.39 is 0 Å². The van der Waals surface area contributed by atoms with Gasteiger partial charge in [0.1, 0.15) is 0 Å². The molecule has 4 nitrogen and oxygen atoms in total. The lowest BCUT2D eigenvalue weighted by Gasteiger charge is -2.11. The number of hydrogen-bond acceptors (Lipinski definition) is 4. The number of ether oxygens (including phenoxy) is 1. The van der Waals surface area contributed by atoms with Crippen LogP contribution < -0.4 is 10.1 Å². The first kappa shape index (κ1) is 14.9. The number of amides is 1. The Bertz CT molecular complexity index is 489. The lowest BCUT2D eigenvalue weighted by molar-refractivity contribution is -0.117. The maximum absolute atomic E-state index is 11.9. The molecule has 1 aliphatic rings. The molecule has 0 bridgehead atoms. The van der Waals surface area contributed by atoms with E-state index in [0.29, 0.717) is 19.0 Å². The molecule has 0 fully saturated rings. The zero-order valence-electron chi connectivity index (χ0n) is 11.7. The number of carbonyl (C=O) groups excluding carboxylic acids is 1. The van der Waals surface area contributed by atoms with Crippen molar-refractivity contribution in [2.45, 2.75) is 26.3 Å². The van der Waals surface area contributed by atoms with Crippen LogP contribution in [0.15, 0.2) is 30.0 Å². The van der Waals surface area contributed by atoms with Crippen molar-refractivity contribution in [3.63, 3.8) is 0 Å². The summed E-state index contributed by atoms with van der Waals surface area (Å²) in [5.41, 5.74) is 1.79. The van der Waals surface area contributed by atoms with E-state index in [2.05, 4.69) is 17.2 Å². The van der Waals surface area contributed by atoms with Crippen molar-refractivity contribution in [2.75, 3.05) is 18.1 Å². The van der Waals surface area contributed by atoms with E-state index in [-0.39, 0.29) is 5.91 Å². The second-order valence-corrected chi connectivity index (χ2v) is 5.63. The van der Waals surface area contributed by atoms with Crippen LogP contribution >= 0.6 is 11.8 Å². The van der Waals surface area contributed by atoms with E-state index in [1.165, 1.54) is 0 Å². The molecule has 0 radical (unpaired) electrons. The average Bonchev–Trinajstić information content (AvgIpc) is 3.00. The van der Waals surface area contributed by atoms with Gasteiger partial charge in [-0.2, -0.15) is 11.8 Å². The van der Waals surface area contributed by atoms with Crippen molar-refractivity contribution in [2.24, 2.45) is 0 Å². The number of carbonyl (C=O) groups is 1. The van der Waals surface area contributed by atoms with Crippen molar-refractivity contribution in [3.8, 4) is 5.88 Å². The Morgan fingerprint density at radius 2 is 2.45 bits per heavy atom. The first-order valence-electron chi connectivity index (χ1n) is 6.93. The summed E-state index contributed by atoms with van der Waals surface area (Å²) >= 11 is 1.76. The SMILES string of the molecule is CCCCOc1ncccc1CNC(=O)C1=CCSC1. The molecule has 20 heavy (non-hydrogen) atoms. The summed E-state index contributed by atoms with van der Waals surface area (Å²) in [5.74, 6) is 2.37. The summed E-state index contributed by atoms with van der Waals surface area (Å²) in [7, 11) is 0. The summed E-state index contributed by atoms with van der Waals surface area (Å²) in [5, 5.41) is 2.93. The Morgan fingerprint density at radius 3 is 3.20 bits per heavy atom. The molecule has 1 amide bonds. The minimum Gasteiger partial charge on any atom is -0.477 e. The van der Waals surface area contributed by atoms with Crippen LogP contribution in [0.3, 0.4) is 0 Å². The topological polar surface area (TPSA) is 51.2 Å². The number of hydrogen-bond donors (Lipinski definition) is 1. The third kappa shape index (κ3) is 4.27. The van der Waals surface area contributed by atoms with Crippen LogP contribution in [0.5, 0.6) is 5.88 Å². The van der Waals surface area contributed by atoms with Crippen molar-refractivity contribution < 1.29 is 9.53 Å². The summed E-state index contributed by atoms with van der Waals surface area (Å²) in [4.78, 5) is 16.2. The second-order valence-electron chi connectivity index (χ2n) is 4.60. The Kier molecular flexibility index (Phi) is 5.92. The quantitative estimate of drug-likeness (QED) is 0.785.